The smallest absolute Gasteiger partial charge is 0.410 e. The highest BCUT2D eigenvalue weighted by Crippen LogP contribution is 2.37. The Balaban J connectivity index is 1.55. The lowest BCUT2D eigenvalue weighted by Crippen LogP contribution is -2.36. The van der Waals surface area contributed by atoms with Crippen LogP contribution in [0, 0.1) is 0 Å². The van der Waals surface area contributed by atoms with Crippen molar-refractivity contribution in [2.75, 3.05) is 38.6 Å². The van der Waals surface area contributed by atoms with Gasteiger partial charge in [0, 0.05) is 37.1 Å². The Bertz CT molecular complexity index is 1230. The van der Waals surface area contributed by atoms with Crippen LogP contribution in [0.1, 0.15) is 50.9 Å². The molecule has 10 nitrogen and oxygen atoms in total. The van der Waals surface area contributed by atoms with Gasteiger partial charge in [-0.05, 0) is 56.0 Å². The molecular formula is C23H28N4O6S2. The molecule has 3 heterocycles. The van der Waals surface area contributed by atoms with Crippen molar-refractivity contribution < 1.29 is 27.5 Å². The van der Waals surface area contributed by atoms with Crippen molar-refractivity contribution in [3.05, 3.63) is 45.8 Å². The van der Waals surface area contributed by atoms with E-state index in [-0.39, 0.29) is 23.0 Å². The monoisotopic (exact) mass is 520 g/mol. The maximum Gasteiger partial charge on any atom is 0.410 e. The molecule has 1 aromatic carbocycles. The molecule has 0 saturated carbocycles. The van der Waals surface area contributed by atoms with Crippen molar-refractivity contribution in [1.29, 1.82) is 0 Å². The molecule has 0 atom stereocenters. The van der Waals surface area contributed by atoms with Gasteiger partial charge in [0.05, 0.1) is 23.6 Å². The number of benzene rings is 1. The summed E-state index contributed by atoms with van der Waals surface area (Å²) in [6.07, 6.45) is 1.74. The number of rotatable bonds is 6. The molecule has 0 unspecified atom stereocenters. The Morgan fingerprint density at radius 1 is 1.06 bits per heavy atom. The quantitative estimate of drug-likeness (QED) is 0.603. The van der Waals surface area contributed by atoms with Crippen LogP contribution in [-0.4, -0.2) is 68.8 Å². The molecule has 1 saturated heterocycles. The van der Waals surface area contributed by atoms with Crippen LogP contribution < -0.4 is 10.6 Å². The summed E-state index contributed by atoms with van der Waals surface area (Å²) in [4.78, 5) is 40.3. The maximum atomic E-state index is 13.0. The van der Waals surface area contributed by atoms with Crippen LogP contribution in [0.25, 0.3) is 0 Å². The highest BCUT2D eigenvalue weighted by Gasteiger charge is 2.31. The van der Waals surface area contributed by atoms with Gasteiger partial charge in [-0.3, -0.25) is 9.59 Å². The Labute approximate surface area is 208 Å². The lowest BCUT2D eigenvalue weighted by atomic mass is 10.0. The van der Waals surface area contributed by atoms with E-state index in [9.17, 15) is 22.8 Å². The number of nitrogens with one attached hydrogen (secondary N) is 2. The summed E-state index contributed by atoms with van der Waals surface area (Å²) < 4.78 is 32.0. The first-order chi connectivity index (χ1) is 16.8. The topological polar surface area (TPSA) is 125 Å². The van der Waals surface area contributed by atoms with E-state index in [0.29, 0.717) is 43.2 Å². The molecule has 0 bridgehead atoms. The third kappa shape index (κ3) is 5.04. The first kappa shape index (κ1) is 25.1. The molecule has 0 radical (unpaired) electrons. The van der Waals surface area contributed by atoms with Gasteiger partial charge in [0.25, 0.3) is 11.8 Å². The summed E-state index contributed by atoms with van der Waals surface area (Å²) >= 11 is 1.25. The molecule has 2 aliphatic heterocycles. The fraction of sp³-hybridized carbons (Fsp3) is 0.435. The van der Waals surface area contributed by atoms with Gasteiger partial charge in [0.2, 0.25) is 10.0 Å². The Kier molecular flexibility index (Phi) is 7.43. The molecule has 2 aromatic rings. The predicted octanol–water partition coefficient (Wildman–Crippen LogP) is 2.66. The van der Waals surface area contributed by atoms with Gasteiger partial charge in [0.1, 0.15) is 5.00 Å². The minimum atomic E-state index is -3.57. The van der Waals surface area contributed by atoms with E-state index in [0.717, 1.165) is 23.3 Å². The standard InChI is InChI=1S/C23H28N4O6S2/c1-3-33-23(30)26-13-10-17-18(14-26)34-22(19(17)21(29)24-2)25-20(28)15-6-8-16(9-7-15)35(31,32)27-11-4-5-12-27/h6-9H,3-5,10-14H2,1-2H3,(H,24,29)(H,25,28). The van der Waals surface area contributed by atoms with Crippen molar-refractivity contribution in [2.45, 2.75) is 37.6 Å². The number of hydrogen-bond acceptors (Lipinski definition) is 7. The fourth-order valence-corrected chi connectivity index (χ4v) is 7.03. The number of thiophene rings is 1. The van der Waals surface area contributed by atoms with E-state index in [2.05, 4.69) is 10.6 Å². The van der Waals surface area contributed by atoms with Gasteiger partial charge in [-0.25, -0.2) is 13.2 Å². The molecule has 2 aliphatic rings. The van der Waals surface area contributed by atoms with Gasteiger partial charge < -0.3 is 20.3 Å². The van der Waals surface area contributed by atoms with E-state index in [4.69, 9.17) is 4.74 Å². The molecule has 0 aliphatic carbocycles. The first-order valence-corrected chi connectivity index (χ1v) is 13.7. The number of amides is 3. The number of sulfonamides is 1. The third-order valence-corrected chi connectivity index (χ3v) is 9.13. The second kappa shape index (κ2) is 10.3. The number of carbonyl (C=O) groups is 3. The zero-order chi connectivity index (χ0) is 25.2. The SMILES string of the molecule is CCOC(=O)N1CCc2c(sc(NC(=O)c3ccc(S(=O)(=O)N4CCCC4)cc3)c2C(=O)NC)C1. The van der Waals surface area contributed by atoms with Crippen molar-refractivity contribution >= 4 is 44.3 Å². The number of anilines is 1. The second-order valence-electron chi connectivity index (χ2n) is 8.25. The zero-order valence-corrected chi connectivity index (χ0v) is 21.3. The summed E-state index contributed by atoms with van der Waals surface area (Å²) in [5, 5.41) is 5.81. The largest absolute Gasteiger partial charge is 0.450 e. The van der Waals surface area contributed by atoms with E-state index in [1.165, 1.54) is 47.0 Å². The van der Waals surface area contributed by atoms with Crippen LogP contribution in [0.5, 0.6) is 0 Å². The fourth-order valence-electron chi connectivity index (χ4n) is 4.26. The first-order valence-electron chi connectivity index (χ1n) is 11.5. The molecule has 4 rings (SSSR count). The second-order valence-corrected chi connectivity index (χ2v) is 11.3. The van der Waals surface area contributed by atoms with Crippen LogP contribution >= 0.6 is 11.3 Å². The zero-order valence-electron chi connectivity index (χ0n) is 19.6. The predicted molar refractivity (Wildman–Crippen MR) is 131 cm³/mol. The summed E-state index contributed by atoms with van der Waals surface area (Å²) in [6.45, 7) is 3.72. The number of nitrogens with zero attached hydrogens (tertiary/aromatic N) is 2. The van der Waals surface area contributed by atoms with Crippen molar-refractivity contribution in [3.63, 3.8) is 0 Å². The minimum Gasteiger partial charge on any atom is -0.450 e. The van der Waals surface area contributed by atoms with Crippen LogP contribution in [-0.2, 0) is 27.7 Å². The Morgan fingerprint density at radius 3 is 2.37 bits per heavy atom. The number of fused-ring (bicyclic) bond motifs is 1. The molecule has 12 heteroatoms. The van der Waals surface area contributed by atoms with Gasteiger partial charge in [-0.1, -0.05) is 0 Å². The normalized spacial score (nSPS) is 16.0. The average molecular weight is 521 g/mol. The summed E-state index contributed by atoms with van der Waals surface area (Å²) in [5.41, 5.74) is 1.46. The van der Waals surface area contributed by atoms with Gasteiger partial charge in [-0.2, -0.15) is 4.31 Å². The van der Waals surface area contributed by atoms with Crippen molar-refractivity contribution in [2.24, 2.45) is 0 Å². The van der Waals surface area contributed by atoms with Gasteiger partial charge >= 0.3 is 6.09 Å². The Hall–Kier alpha value is -2.96. The molecule has 188 valence electrons. The molecule has 1 aromatic heterocycles. The van der Waals surface area contributed by atoms with Crippen molar-refractivity contribution in [3.8, 4) is 0 Å². The third-order valence-electron chi connectivity index (χ3n) is 6.08. The highest BCUT2D eigenvalue weighted by molar-refractivity contribution is 7.89. The molecule has 3 amide bonds. The van der Waals surface area contributed by atoms with Crippen LogP contribution in [0.3, 0.4) is 0 Å². The molecule has 1 fully saturated rings. The van der Waals surface area contributed by atoms with Crippen LogP contribution in [0.2, 0.25) is 0 Å². The number of carbonyl (C=O) groups excluding carboxylic acids is 3. The maximum absolute atomic E-state index is 13.0. The summed E-state index contributed by atoms with van der Waals surface area (Å²) in [6, 6.07) is 5.79. The van der Waals surface area contributed by atoms with E-state index in [1.807, 2.05) is 0 Å². The summed E-state index contributed by atoms with van der Waals surface area (Å²) in [5.74, 6) is -0.782. The highest BCUT2D eigenvalue weighted by atomic mass is 32.2. The Morgan fingerprint density at radius 2 is 1.74 bits per heavy atom. The van der Waals surface area contributed by atoms with E-state index in [1.54, 1.807) is 11.8 Å². The lowest BCUT2D eigenvalue weighted by molar-refractivity contribution is 0.0961. The molecule has 35 heavy (non-hydrogen) atoms. The van der Waals surface area contributed by atoms with Crippen molar-refractivity contribution in [1.82, 2.24) is 14.5 Å². The average Bonchev–Trinajstić information content (AvgIpc) is 3.52. The van der Waals surface area contributed by atoms with Gasteiger partial charge in [-0.15, -0.1) is 11.3 Å². The van der Waals surface area contributed by atoms with Gasteiger partial charge in [0.15, 0.2) is 0 Å². The van der Waals surface area contributed by atoms with E-state index < -0.39 is 22.0 Å². The number of ether oxygens (including phenoxy) is 1. The molecule has 2 N–H and O–H groups in total. The molecule has 0 spiro atoms. The minimum absolute atomic E-state index is 0.146. The van der Waals surface area contributed by atoms with Crippen LogP contribution in [0.15, 0.2) is 29.2 Å². The van der Waals surface area contributed by atoms with E-state index >= 15 is 0 Å². The number of hydrogen-bond donors (Lipinski definition) is 2. The van der Waals surface area contributed by atoms with Crippen LogP contribution in [0.4, 0.5) is 9.80 Å². The summed E-state index contributed by atoms with van der Waals surface area (Å²) in [7, 11) is -2.05. The molecular weight excluding hydrogens is 492 g/mol. The lowest BCUT2D eigenvalue weighted by Gasteiger charge is -2.26.